The highest BCUT2D eigenvalue weighted by Gasteiger charge is 2.20. The van der Waals surface area contributed by atoms with Gasteiger partial charge in [0.2, 0.25) is 10.0 Å². The fraction of sp³-hybridized carbons (Fsp3) is 0.526. The lowest BCUT2D eigenvalue weighted by Crippen LogP contribution is -2.42. The molecule has 0 amide bonds. The zero-order valence-corrected chi connectivity index (χ0v) is 16.9. The number of guanidine groups is 1. The Hall–Kier alpha value is -2.13. The Kier molecular flexibility index (Phi) is 6.90. The first-order chi connectivity index (χ1) is 13.5. The number of hydrogen-bond donors (Lipinski definition) is 4. The number of rotatable bonds is 9. The van der Waals surface area contributed by atoms with Crippen molar-refractivity contribution in [2.75, 3.05) is 32.4 Å². The Bertz CT molecular complexity index is 922. The van der Waals surface area contributed by atoms with E-state index in [2.05, 4.69) is 25.3 Å². The number of aromatic amines is 1. The van der Waals surface area contributed by atoms with E-state index >= 15 is 0 Å². The topological polar surface area (TPSA) is 98.4 Å². The molecule has 1 saturated carbocycles. The van der Waals surface area contributed by atoms with Crippen LogP contribution in [0, 0.1) is 11.7 Å². The van der Waals surface area contributed by atoms with Crippen molar-refractivity contribution in [1.29, 1.82) is 0 Å². The molecule has 0 bridgehead atoms. The summed E-state index contributed by atoms with van der Waals surface area (Å²) in [5.74, 6) is 0.781. The van der Waals surface area contributed by atoms with E-state index in [0.29, 0.717) is 31.4 Å². The van der Waals surface area contributed by atoms with Gasteiger partial charge < -0.3 is 15.6 Å². The molecule has 1 aromatic carbocycles. The van der Waals surface area contributed by atoms with E-state index < -0.39 is 10.0 Å². The third-order valence-electron chi connectivity index (χ3n) is 5.12. The molecule has 1 aliphatic carbocycles. The number of aliphatic imine (C=N–C) groups is 1. The van der Waals surface area contributed by atoms with Gasteiger partial charge in [-0.05, 0) is 48.9 Å². The van der Waals surface area contributed by atoms with Crippen molar-refractivity contribution in [2.24, 2.45) is 10.9 Å². The van der Waals surface area contributed by atoms with Crippen molar-refractivity contribution in [3.8, 4) is 0 Å². The molecule has 1 aromatic heterocycles. The summed E-state index contributed by atoms with van der Waals surface area (Å²) < 4.78 is 40.2. The maximum Gasteiger partial charge on any atom is 0.213 e. The van der Waals surface area contributed by atoms with Crippen LogP contribution in [0.1, 0.15) is 24.8 Å². The molecular weight excluding hydrogens is 381 g/mol. The smallest absolute Gasteiger partial charge is 0.213 e. The number of aromatic nitrogens is 1. The molecule has 0 spiro atoms. The largest absolute Gasteiger partial charge is 0.361 e. The van der Waals surface area contributed by atoms with Crippen LogP contribution in [0.2, 0.25) is 0 Å². The van der Waals surface area contributed by atoms with Gasteiger partial charge in [0.15, 0.2) is 5.96 Å². The summed E-state index contributed by atoms with van der Waals surface area (Å²) in [4.78, 5) is 7.24. The van der Waals surface area contributed by atoms with Gasteiger partial charge in [0.1, 0.15) is 5.82 Å². The fourth-order valence-electron chi connectivity index (χ4n) is 3.21. The van der Waals surface area contributed by atoms with Crippen molar-refractivity contribution in [2.45, 2.75) is 25.7 Å². The second-order valence-electron chi connectivity index (χ2n) is 7.14. The van der Waals surface area contributed by atoms with Gasteiger partial charge in [-0.2, -0.15) is 0 Å². The van der Waals surface area contributed by atoms with Crippen LogP contribution in [0.3, 0.4) is 0 Å². The summed E-state index contributed by atoms with van der Waals surface area (Å²) in [6, 6.07) is 4.68. The number of H-pyrrole nitrogens is 1. The average molecular weight is 410 g/mol. The maximum atomic E-state index is 13.4. The Morgan fingerprint density at radius 2 is 2.07 bits per heavy atom. The van der Waals surface area contributed by atoms with Gasteiger partial charge in [0.25, 0.3) is 0 Å². The van der Waals surface area contributed by atoms with Gasteiger partial charge in [-0.3, -0.25) is 4.99 Å². The maximum absolute atomic E-state index is 13.4. The number of halogens is 1. The third kappa shape index (κ3) is 5.68. The average Bonchev–Trinajstić information content (AvgIpc) is 3.01. The Morgan fingerprint density at radius 3 is 2.79 bits per heavy atom. The first kappa shape index (κ1) is 20.6. The van der Waals surface area contributed by atoms with E-state index in [1.165, 1.54) is 18.6 Å². The zero-order valence-electron chi connectivity index (χ0n) is 16.1. The van der Waals surface area contributed by atoms with Gasteiger partial charge in [0.05, 0.1) is 5.75 Å². The van der Waals surface area contributed by atoms with Crippen LogP contribution < -0.4 is 15.4 Å². The van der Waals surface area contributed by atoms with E-state index in [9.17, 15) is 12.8 Å². The van der Waals surface area contributed by atoms with Gasteiger partial charge >= 0.3 is 0 Å². The van der Waals surface area contributed by atoms with Crippen LogP contribution in [-0.2, 0) is 16.4 Å². The minimum absolute atomic E-state index is 0.00213. The van der Waals surface area contributed by atoms with Gasteiger partial charge in [-0.15, -0.1) is 0 Å². The Labute approximate surface area is 165 Å². The highest BCUT2D eigenvalue weighted by Crippen LogP contribution is 2.25. The van der Waals surface area contributed by atoms with Gasteiger partial charge in [0, 0.05) is 43.8 Å². The van der Waals surface area contributed by atoms with Gasteiger partial charge in [-0.25, -0.2) is 17.5 Å². The van der Waals surface area contributed by atoms with E-state index in [0.717, 1.165) is 29.3 Å². The van der Waals surface area contributed by atoms with Crippen LogP contribution in [0.4, 0.5) is 4.39 Å². The Balaban J connectivity index is 1.40. The highest BCUT2D eigenvalue weighted by atomic mass is 32.2. The fourth-order valence-corrected chi connectivity index (χ4v) is 4.22. The molecule has 3 rings (SSSR count). The standard InChI is InChI=1S/C19H28FN5O2S/c1-21-19(23-9-10-28(26,27)25-12-14-3-2-4-14)22-8-7-15-13-24-18-6-5-16(20)11-17(15)18/h5-6,11,13-14,24-25H,2-4,7-10,12H2,1H3,(H2,21,22,23). The van der Waals surface area contributed by atoms with E-state index in [1.54, 1.807) is 13.1 Å². The lowest BCUT2D eigenvalue weighted by molar-refractivity contribution is 0.316. The van der Waals surface area contributed by atoms with Crippen LogP contribution >= 0.6 is 0 Å². The monoisotopic (exact) mass is 409 g/mol. The molecule has 28 heavy (non-hydrogen) atoms. The molecule has 0 saturated heterocycles. The summed E-state index contributed by atoms with van der Waals surface area (Å²) in [6.45, 7) is 1.41. The molecule has 1 heterocycles. The molecule has 4 N–H and O–H groups in total. The number of nitrogens with one attached hydrogen (secondary N) is 4. The molecule has 154 valence electrons. The van der Waals surface area contributed by atoms with Gasteiger partial charge in [-0.1, -0.05) is 6.42 Å². The lowest BCUT2D eigenvalue weighted by Gasteiger charge is -2.25. The summed E-state index contributed by atoms with van der Waals surface area (Å²) in [5, 5.41) is 7.05. The molecule has 1 fully saturated rings. The van der Waals surface area contributed by atoms with Crippen molar-refractivity contribution in [3.63, 3.8) is 0 Å². The molecule has 1 aliphatic rings. The summed E-state index contributed by atoms with van der Waals surface area (Å²) in [6.07, 6.45) is 5.98. The second kappa shape index (κ2) is 9.38. The molecule has 0 atom stereocenters. The highest BCUT2D eigenvalue weighted by molar-refractivity contribution is 7.89. The van der Waals surface area contributed by atoms with Crippen LogP contribution in [0.25, 0.3) is 10.9 Å². The third-order valence-corrected chi connectivity index (χ3v) is 6.47. The Morgan fingerprint density at radius 1 is 1.29 bits per heavy atom. The summed E-state index contributed by atoms with van der Waals surface area (Å²) in [5.41, 5.74) is 1.92. The van der Waals surface area contributed by atoms with E-state index in [1.807, 2.05) is 6.20 Å². The van der Waals surface area contributed by atoms with Crippen molar-refractivity contribution in [1.82, 2.24) is 20.3 Å². The predicted molar refractivity (Wildman–Crippen MR) is 110 cm³/mol. The molecule has 0 aliphatic heterocycles. The summed E-state index contributed by atoms with van der Waals surface area (Å²) in [7, 11) is -1.64. The first-order valence-electron chi connectivity index (χ1n) is 9.64. The summed E-state index contributed by atoms with van der Waals surface area (Å²) >= 11 is 0. The minimum Gasteiger partial charge on any atom is -0.361 e. The number of hydrogen-bond acceptors (Lipinski definition) is 3. The van der Waals surface area contributed by atoms with Crippen LogP contribution in [0.15, 0.2) is 29.4 Å². The zero-order chi connectivity index (χ0) is 20.0. The number of fused-ring (bicyclic) bond motifs is 1. The van der Waals surface area contributed by atoms with Crippen molar-refractivity contribution in [3.05, 3.63) is 35.8 Å². The van der Waals surface area contributed by atoms with Crippen molar-refractivity contribution < 1.29 is 12.8 Å². The van der Waals surface area contributed by atoms with Crippen LogP contribution in [0.5, 0.6) is 0 Å². The molecule has 0 unspecified atom stereocenters. The second-order valence-corrected chi connectivity index (χ2v) is 9.07. The molecular formula is C19H28FN5O2S. The molecule has 7 nitrogen and oxygen atoms in total. The molecule has 0 radical (unpaired) electrons. The number of benzene rings is 1. The SMILES string of the molecule is CN=C(NCCc1c[nH]c2ccc(F)cc12)NCCS(=O)(=O)NCC1CCC1. The quantitative estimate of drug-likeness (QED) is 0.374. The first-order valence-corrected chi connectivity index (χ1v) is 11.3. The molecule has 9 heteroatoms. The van der Waals surface area contributed by atoms with E-state index in [4.69, 9.17) is 0 Å². The lowest BCUT2D eigenvalue weighted by atomic mass is 9.86. The minimum atomic E-state index is -3.28. The predicted octanol–water partition coefficient (Wildman–Crippen LogP) is 1.73. The normalized spacial score (nSPS) is 15.6. The number of sulfonamides is 1. The molecule has 2 aromatic rings. The van der Waals surface area contributed by atoms with Crippen molar-refractivity contribution >= 4 is 26.9 Å². The van der Waals surface area contributed by atoms with Crippen LogP contribution in [-0.4, -0.2) is 51.8 Å². The number of nitrogens with zero attached hydrogens (tertiary/aromatic N) is 1. The van der Waals surface area contributed by atoms with E-state index in [-0.39, 0.29) is 18.1 Å².